The molecule has 0 saturated carbocycles. The summed E-state index contributed by atoms with van der Waals surface area (Å²) < 4.78 is 5.34. The Balaban J connectivity index is 3.16. The smallest absolute Gasteiger partial charge is 0.0674 e. The van der Waals surface area contributed by atoms with Crippen LogP contribution in [0.3, 0.4) is 0 Å². The van der Waals surface area contributed by atoms with Gasteiger partial charge in [-0.15, -0.1) is 0 Å². The van der Waals surface area contributed by atoms with E-state index in [1.165, 1.54) is 0 Å². The Kier molecular flexibility index (Phi) is 5.58. The molecule has 1 unspecified atom stereocenters. The van der Waals surface area contributed by atoms with E-state index >= 15 is 0 Å². The molecule has 0 spiro atoms. The minimum Gasteiger partial charge on any atom is -0.376 e. The molecular weight excluding hydrogens is 128 g/mol. The largest absolute Gasteiger partial charge is 0.376 e. The van der Waals surface area contributed by atoms with E-state index < -0.39 is 0 Å². The third-order valence-electron chi connectivity index (χ3n) is 1.14. The van der Waals surface area contributed by atoms with Crippen LogP contribution in [0.25, 0.3) is 0 Å². The van der Waals surface area contributed by atoms with Crippen molar-refractivity contribution in [1.29, 1.82) is 0 Å². The first kappa shape index (κ1) is 9.88. The average molecular weight is 146 g/mol. The molecular formula is C7H18N2O. The van der Waals surface area contributed by atoms with Crippen LogP contribution in [0, 0.1) is 0 Å². The van der Waals surface area contributed by atoms with Crippen LogP contribution in [0.5, 0.6) is 0 Å². The number of rotatable bonds is 5. The van der Waals surface area contributed by atoms with E-state index in [4.69, 9.17) is 10.5 Å². The van der Waals surface area contributed by atoms with E-state index in [-0.39, 0.29) is 0 Å². The number of ether oxygens (including phenoxy) is 1. The molecule has 0 aromatic heterocycles. The summed E-state index contributed by atoms with van der Waals surface area (Å²) in [5, 5.41) is 0. The van der Waals surface area contributed by atoms with Crippen molar-refractivity contribution in [3.05, 3.63) is 0 Å². The van der Waals surface area contributed by atoms with Crippen molar-refractivity contribution < 1.29 is 4.74 Å². The van der Waals surface area contributed by atoms with E-state index in [9.17, 15) is 0 Å². The van der Waals surface area contributed by atoms with Gasteiger partial charge in [0.05, 0.1) is 12.7 Å². The normalized spacial score (nSPS) is 14.1. The van der Waals surface area contributed by atoms with Crippen LogP contribution in [0.4, 0.5) is 0 Å². The number of nitrogens with zero attached hydrogens (tertiary/aromatic N) is 1. The quantitative estimate of drug-likeness (QED) is 0.589. The second-order valence-corrected chi connectivity index (χ2v) is 2.73. The maximum absolute atomic E-state index is 5.34. The van der Waals surface area contributed by atoms with Crippen LogP contribution in [-0.4, -0.2) is 44.8 Å². The van der Waals surface area contributed by atoms with Crippen molar-refractivity contribution in [3.63, 3.8) is 0 Å². The zero-order valence-electron chi connectivity index (χ0n) is 7.13. The summed E-state index contributed by atoms with van der Waals surface area (Å²) in [4.78, 5) is 2.10. The van der Waals surface area contributed by atoms with Gasteiger partial charge in [-0.05, 0) is 21.0 Å². The summed E-state index contributed by atoms with van der Waals surface area (Å²) in [6, 6.07) is 0. The standard InChI is InChI=1S/C7H18N2O/c1-7(6-9(2)3)10-5-4-8/h7H,4-6,8H2,1-3H3. The fourth-order valence-corrected chi connectivity index (χ4v) is 0.836. The van der Waals surface area contributed by atoms with Crippen molar-refractivity contribution in [2.75, 3.05) is 33.8 Å². The second-order valence-electron chi connectivity index (χ2n) is 2.73. The summed E-state index contributed by atoms with van der Waals surface area (Å²) in [6.45, 7) is 4.28. The van der Waals surface area contributed by atoms with Crippen LogP contribution >= 0.6 is 0 Å². The molecule has 0 saturated heterocycles. The molecule has 0 fully saturated rings. The molecule has 2 N–H and O–H groups in total. The molecule has 0 aromatic rings. The van der Waals surface area contributed by atoms with E-state index in [0.29, 0.717) is 19.3 Å². The van der Waals surface area contributed by atoms with Crippen molar-refractivity contribution in [3.8, 4) is 0 Å². The van der Waals surface area contributed by atoms with E-state index in [1.54, 1.807) is 0 Å². The average Bonchev–Trinajstić information content (AvgIpc) is 1.82. The van der Waals surface area contributed by atoms with Crippen molar-refractivity contribution in [2.24, 2.45) is 5.73 Å². The Morgan fingerprint density at radius 2 is 2.10 bits per heavy atom. The van der Waals surface area contributed by atoms with Gasteiger partial charge in [0, 0.05) is 13.1 Å². The fourth-order valence-electron chi connectivity index (χ4n) is 0.836. The van der Waals surface area contributed by atoms with Crippen molar-refractivity contribution in [2.45, 2.75) is 13.0 Å². The molecule has 0 amide bonds. The minimum absolute atomic E-state index is 0.290. The molecule has 3 heteroatoms. The number of nitrogens with two attached hydrogens (primary N) is 1. The summed E-state index contributed by atoms with van der Waals surface area (Å²) in [5.74, 6) is 0. The van der Waals surface area contributed by atoms with Crippen molar-refractivity contribution >= 4 is 0 Å². The fraction of sp³-hybridized carbons (Fsp3) is 1.00. The number of likely N-dealkylation sites (N-methyl/N-ethyl adjacent to an activating group) is 1. The molecule has 0 bridgehead atoms. The lowest BCUT2D eigenvalue weighted by atomic mass is 10.4. The lowest BCUT2D eigenvalue weighted by Gasteiger charge is -2.16. The highest BCUT2D eigenvalue weighted by Gasteiger charge is 2.01. The summed E-state index contributed by atoms with van der Waals surface area (Å²) in [6.07, 6.45) is 0.290. The molecule has 0 radical (unpaired) electrons. The molecule has 0 aliphatic rings. The van der Waals surface area contributed by atoms with Gasteiger partial charge in [0.25, 0.3) is 0 Å². The van der Waals surface area contributed by atoms with Gasteiger partial charge in [0.15, 0.2) is 0 Å². The van der Waals surface area contributed by atoms with Gasteiger partial charge in [-0.25, -0.2) is 0 Å². The SMILES string of the molecule is CC(CN(C)C)OCCN. The highest BCUT2D eigenvalue weighted by molar-refractivity contribution is 4.53. The highest BCUT2D eigenvalue weighted by atomic mass is 16.5. The first-order chi connectivity index (χ1) is 4.66. The zero-order valence-corrected chi connectivity index (χ0v) is 7.13. The molecule has 0 aromatic carbocycles. The molecule has 0 rings (SSSR count). The molecule has 10 heavy (non-hydrogen) atoms. The topological polar surface area (TPSA) is 38.5 Å². The Bertz CT molecular complexity index is 76.0. The third kappa shape index (κ3) is 6.01. The van der Waals surface area contributed by atoms with E-state index in [2.05, 4.69) is 11.8 Å². The van der Waals surface area contributed by atoms with Crippen LogP contribution in [0.1, 0.15) is 6.92 Å². The lowest BCUT2D eigenvalue weighted by molar-refractivity contribution is 0.0534. The first-order valence-corrected chi connectivity index (χ1v) is 3.63. The molecule has 62 valence electrons. The monoisotopic (exact) mass is 146 g/mol. The predicted octanol–water partition coefficient (Wildman–Crippen LogP) is -0.0882. The molecule has 0 aliphatic carbocycles. The predicted molar refractivity (Wildman–Crippen MR) is 43.0 cm³/mol. The summed E-state index contributed by atoms with van der Waals surface area (Å²) in [7, 11) is 4.06. The Morgan fingerprint density at radius 3 is 2.50 bits per heavy atom. The molecule has 0 aliphatic heterocycles. The Hall–Kier alpha value is -0.120. The van der Waals surface area contributed by atoms with Gasteiger partial charge in [-0.1, -0.05) is 0 Å². The van der Waals surface area contributed by atoms with E-state index in [0.717, 1.165) is 6.54 Å². The number of hydrogen-bond acceptors (Lipinski definition) is 3. The number of hydrogen-bond donors (Lipinski definition) is 1. The maximum atomic E-state index is 5.34. The third-order valence-corrected chi connectivity index (χ3v) is 1.14. The maximum Gasteiger partial charge on any atom is 0.0674 e. The van der Waals surface area contributed by atoms with Gasteiger partial charge in [0.1, 0.15) is 0 Å². The highest BCUT2D eigenvalue weighted by Crippen LogP contribution is 1.90. The van der Waals surface area contributed by atoms with Gasteiger partial charge < -0.3 is 15.4 Å². The van der Waals surface area contributed by atoms with Gasteiger partial charge in [-0.2, -0.15) is 0 Å². The van der Waals surface area contributed by atoms with Gasteiger partial charge in [0.2, 0.25) is 0 Å². The Morgan fingerprint density at radius 1 is 1.50 bits per heavy atom. The van der Waals surface area contributed by atoms with Crippen molar-refractivity contribution in [1.82, 2.24) is 4.90 Å². The second kappa shape index (κ2) is 5.65. The van der Waals surface area contributed by atoms with Crippen LogP contribution < -0.4 is 5.73 Å². The zero-order chi connectivity index (χ0) is 7.98. The first-order valence-electron chi connectivity index (χ1n) is 3.63. The van der Waals surface area contributed by atoms with Gasteiger partial charge in [-0.3, -0.25) is 0 Å². The van der Waals surface area contributed by atoms with Crippen LogP contribution in [0.2, 0.25) is 0 Å². The minimum atomic E-state index is 0.290. The molecule has 3 nitrogen and oxygen atoms in total. The lowest BCUT2D eigenvalue weighted by Crippen LogP contribution is -2.27. The Labute approximate surface area is 63.1 Å². The van der Waals surface area contributed by atoms with Gasteiger partial charge >= 0.3 is 0 Å². The van der Waals surface area contributed by atoms with E-state index in [1.807, 2.05) is 14.1 Å². The van der Waals surface area contributed by atoms with Crippen LogP contribution in [0.15, 0.2) is 0 Å². The molecule has 0 heterocycles. The molecule has 1 atom stereocenters. The summed E-state index contributed by atoms with van der Waals surface area (Å²) >= 11 is 0. The summed E-state index contributed by atoms with van der Waals surface area (Å²) in [5.41, 5.74) is 5.27. The van der Waals surface area contributed by atoms with Crippen LogP contribution in [-0.2, 0) is 4.74 Å².